The molecule has 0 aliphatic heterocycles. The lowest BCUT2D eigenvalue weighted by Crippen LogP contribution is -2.21. The number of para-hydroxylation sites is 3. The van der Waals surface area contributed by atoms with Crippen LogP contribution in [0.2, 0.25) is 0 Å². The van der Waals surface area contributed by atoms with E-state index in [1.54, 1.807) is 0 Å². The van der Waals surface area contributed by atoms with Gasteiger partial charge < -0.3 is 9.32 Å². The predicted octanol–water partition coefficient (Wildman–Crippen LogP) is 9.67. The van der Waals surface area contributed by atoms with E-state index in [-0.39, 0.29) is 5.41 Å². The Morgan fingerprint density at radius 2 is 1.25 bits per heavy atom. The standard InChI is InChI=1S/C34H27NO/c1-22-13-12-19-26-28-21-27-25-18-10-11-20-29(25)34(2,3)30(27)31(33(28)36-32(22)26)35(23-14-6-4-7-15-23)24-16-8-5-9-17-24/h4-21H,1-3H3. The van der Waals surface area contributed by atoms with Crippen LogP contribution in [0.15, 0.2) is 114 Å². The van der Waals surface area contributed by atoms with Crippen LogP contribution in [0.3, 0.4) is 0 Å². The molecule has 0 spiro atoms. The number of hydrogen-bond acceptors (Lipinski definition) is 2. The van der Waals surface area contributed by atoms with Crippen LogP contribution in [0, 0.1) is 6.92 Å². The van der Waals surface area contributed by atoms with Gasteiger partial charge in [-0.25, -0.2) is 0 Å². The van der Waals surface area contributed by atoms with E-state index in [0.717, 1.165) is 44.6 Å². The molecule has 174 valence electrons. The molecule has 0 bridgehead atoms. The first-order chi connectivity index (χ1) is 17.6. The normalized spacial score (nSPS) is 13.6. The highest BCUT2D eigenvalue weighted by Crippen LogP contribution is 2.57. The van der Waals surface area contributed by atoms with Gasteiger partial charge in [0.2, 0.25) is 0 Å². The predicted molar refractivity (Wildman–Crippen MR) is 151 cm³/mol. The first-order valence-electron chi connectivity index (χ1n) is 12.5. The van der Waals surface area contributed by atoms with Crippen molar-refractivity contribution >= 4 is 39.0 Å². The molecular formula is C34H27NO. The fraction of sp³-hybridized carbons (Fsp3) is 0.118. The summed E-state index contributed by atoms with van der Waals surface area (Å²) in [7, 11) is 0. The van der Waals surface area contributed by atoms with Crippen LogP contribution in [0.1, 0.15) is 30.5 Å². The van der Waals surface area contributed by atoms with Crippen LogP contribution in [-0.2, 0) is 5.41 Å². The highest BCUT2D eigenvalue weighted by molar-refractivity contribution is 6.15. The van der Waals surface area contributed by atoms with Crippen LogP contribution in [0.5, 0.6) is 0 Å². The first kappa shape index (κ1) is 21.0. The third-order valence-electron chi connectivity index (χ3n) is 7.73. The molecule has 0 saturated carbocycles. The first-order valence-corrected chi connectivity index (χ1v) is 12.5. The summed E-state index contributed by atoms with van der Waals surface area (Å²) in [5.74, 6) is 0. The number of rotatable bonds is 3. The number of anilines is 3. The van der Waals surface area contributed by atoms with E-state index in [9.17, 15) is 0 Å². The second-order valence-electron chi connectivity index (χ2n) is 10.3. The van der Waals surface area contributed by atoms with Crippen LogP contribution >= 0.6 is 0 Å². The Morgan fingerprint density at radius 1 is 0.611 bits per heavy atom. The van der Waals surface area contributed by atoms with E-state index in [0.29, 0.717) is 0 Å². The van der Waals surface area contributed by atoms with E-state index < -0.39 is 0 Å². The number of benzene rings is 5. The molecule has 0 N–H and O–H groups in total. The quantitative estimate of drug-likeness (QED) is 0.259. The van der Waals surface area contributed by atoms with Crippen molar-refractivity contribution in [2.45, 2.75) is 26.2 Å². The molecule has 1 aliphatic carbocycles. The second-order valence-corrected chi connectivity index (χ2v) is 10.3. The van der Waals surface area contributed by atoms with Crippen molar-refractivity contribution in [1.82, 2.24) is 0 Å². The van der Waals surface area contributed by atoms with Crippen molar-refractivity contribution in [3.63, 3.8) is 0 Å². The zero-order valence-electron chi connectivity index (χ0n) is 20.7. The lowest BCUT2D eigenvalue weighted by atomic mass is 9.80. The molecular weight excluding hydrogens is 438 g/mol. The van der Waals surface area contributed by atoms with Gasteiger partial charge in [-0.3, -0.25) is 0 Å². The second kappa shape index (κ2) is 7.60. The Balaban J connectivity index is 1.70. The van der Waals surface area contributed by atoms with Gasteiger partial charge >= 0.3 is 0 Å². The average Bonchev–Trinajstić information content (AvgIpc) is 3.39. The number of nitrogens with zero attached hydrogens (tertiary/aromatic N) is 1. The van der Waals surface area contributed by atoms with E-state index in [2.05, 4.69) is 135 Å². The summed E-state index contributed by atoms with van der Waals surface area (Å²) in [5, 5.41) is 2.32. The van der Waals surface area contributed by atoms with Crippen molar-refractivity contribution < 1.29 is 4.42 Å². The molecule has 0 atom stereocenters. The monoisotopic (exact) mass is 465 g/mol. The molecule has 2 nitrogen and oxygen atoms in total. The Kier molecular flexibility index (Phi) is 4.44. The number of fused-ring (bicyclic) bond motifs is 6. The van der Waals surface area contributed by atoms with E-state index in [1.165, 1.54) is 22.3 Å². The Bertz CT molecular complexity index is 1720. The topological polar surface area (TPSA) is 16.4 Å². The summed E-state index contributed by atoms with van der Waals surface area (Å²) in [6.07, 6.45) is 0. The van der Waals surface area contributed by atoms with Crippen LogP contribution in [0.25, 0.3) is 33.1 Å². The maximum atomic E-state index is 6.81. The summed E-state index contributed by atoms with van der Waals surface area (Å²) in [4.78, 5) is 2.38. The van der Waals surface area contributed by atoms with Gasteiger partial charge in [0.25, 0.3) is 0 Å². The molecule has 0 amide bonds. The van der Waals surface area contributed by atoms with Gasteiger partial charge in [0, 0.05) is 27.6 Å². The number of hydrogen-bond donors (Lipinski definition) is 0. The van der Waals surface area contributed by atoms with Crippen molar-refractivity contribution in [2.75, 3.05) is 4.90 Å². The van der Waals surface area contributed by atoms with Gasteiger partial charge in [-0.1, -0.05) is 92.7 Å². The highest BCUT2D eigenvalue weighted by atomic mass is 16.3. The molecule has 1 aromatic heterocycles. The Morgan fingerprint density at radius 3 is 1.94 bits per heavy atom. The van der Waals surface area contributed by atoms with Gasteiger partial charge in [0.1, 0.15) is 5.58 Å². The third-order valence-corrected chi connectivity index (χ3v) is 7.73. The minimum absolute atomic E-state index is 0.189. The van der Waals surface area contributed by atoms with Crippen molar-refractivity contribution in [3.05, 3.63) is 126 Å². The van der Waals surface area contributed by atoms with Crippen molar-refractivity contribution in [1.29, 1.82) is 0 Å². The maximum absolute atomic E-state index is 6.81. The number of aryl methyl sites for hydroxylation is 1. The molecule has 0 radical (unpaired) electrons. The van der Waals surface area contributed by atoms with Gasteiger partial charge in [-0.2, -0.15) is 0 Å². The van der Waals surface area contributed by atoms with Gasteiger partial charge in [0.15, 0.2) is 5.58 Å². The van der Waals surface area contributed by atoms with E-state index >= 15 is 0 Å². The van der Waals surface area contributed by atoms with E-state index in [4.69, 9.17) is 4.42 Å². The largest absolute Gasteiger partial charge is 0.454 e. The summed E-state index contributed by atoms with van der Waals surface area (Å²) in [6.45, 7) is 6.81. The smallest absolute Gasteiger partial charge is 0.159 e. The lowest BCUT2D eigenvalue weighted by molar-refractivity contribution is 0.647. The molecule has 7 rings (SSSR count). The molecule has 6 aromatic rings. The zero-order valence-corrected chi connectivity index (χ0v) is 20.7. The molecule has 0 unspecified atom stereocenters. The summed E-state index contributed by atoms with van der Waals surface area (Å²) < 4.78 is 6.81. The van der Waals surface area contributed by atoms with Crippen LogP contribution in [0.4, 0.5) is 17.1 Å². The fourth-order valence-electron chi connectivity index (χ4n) is 6.07. The van der Waals surface area contributed by atoms with Crippen molar-refractivity contribution in [2.24, 2.45) is 0 Å². The molecule has 1 heterocycles. The van der Waals surface area contributed by atoms with Crippen molar-refractivity contribution in [3.8, 4) is 11.1 Å². The molecule has 0 fully saturated rings. The average molecular weight is 466 g/mol. The van der Waals surface area contributed by atoms with Gasteiger partial charge in [-0.15, -0.1) is 0 Å². The van der Waals surface area contributed by atoms with Crippen LogP contribution < -0.4 is 4.90 Å². The minimum atomic E-state index is -0.189. The van der Waals surface area contributed by atoms with E-state index in [1.807, 2.05) is 0 Å². The molecule has 5 aromatic carbocycles. The van der Waals surface area contributed by atoms with Crippen LogP contribution in [-0.4, -0.2) is 0 Å². The lowest BCUT2D eigenvalue weighted by Gasteiger charge is -2.32. The molecule has 36 heavy (non-hydrogen) atoms. The van der Waals surface area contributed by atoms with Gasteiger partial charge in [-0.05, 0) is 65.1 Å². The molecule has 2 heteroatoms. The van der Waals surface area contributed by atoms with Gasteiger partial charge in [0.05, 0.1) is 5.69 Å². The maximum Gasteiger partial charge on any atom is 0.159 e. The Hall–Kier alpha value is -4.30. The summed E-state index contributed by atoms with van der Waals surface area (Å²) >= 11 is 0. The minimum Gasteiger partial charge on any atom is -0.454 e. The summed E-state index contributed by atoms with van der Waals surface area (Å²) in [6, 6.07) is 38.9. The zero-order chi connectivity index (χ0) is 24.4. The third kappa shape index (κ3) is 2.85. The highest BCUT2D eigenvalue weighted by Gasteiger charge is 2.41. The SMILES string of the molecule is Cc1cccc2c1oc1c(N(c3ccccc3)c3ccccc3)c3c(cc12)-c1ccccc1C3(C)C. The fourth-order valence-corrected chi connectivity index (χ4v) is 6.07. The Labute approximate surface area is 211 Å². The summed E-state index contributed by atoms with van der Waals surface area (Å²) in [5.41, 5.74) is 11.5. The molecule has 1 aliphatic rings. The molecule has 0 saturated heterocycles. The number of furan rings is 1.